The van der Waals surface area contributed by atoms with Crippen molar-refractivity contribution in [3.63, 3.8) is 0 Å². The summed E-state index contributed by atoms with van der Waals surface area (Å²) in [6.07, 6.45) is -1.72. The zero-order valence-electron chi connectivity index (χ0n) is 13.5. The molecule has 9 heteroatoms. The molecule has 1 aromatic carbocycles. The van der Waals surface area contributed by atoms with Crippen molar-refractivity contribution in [3.8, 4) is 17.2 Å². The quantitative estimate of drug-likeness (QED) is 0.910. The molecule has 1 fully saturated rings. The molecule has 0 saturated carbocycles. The Bertz CT molecular complexity index is 737. The van der Waals surface area contributed by atoms with Gasteiger partial charge in [0.15, 0.2) is 5.75 Å². The van der Waals surface area contributed by atoms with Crippen LogP contribution in [0.1, 0.15) is 12.2 Å². The van der Waals surface area contributed by atoms with Gasteiger partial charge in [-0.1, -0.05) is 0 Å². The van der Waals surface area contributed by atoms with Crippen LogP contribution in [0.5, 0.6) is 17.2 Å². The van der Waals surface area contributed by atoms with E-state index in [4.69, 9.17) is 15.2 Å². The second-order valence-electron chi connectivity index (χ2n) is 5.70. The van der Waals surface area contributed by atoms with Crippen LogP contribution in [0.3, 0.4) is 0 Å². The van der Waals surface area contributed by atoms with Crippen molar-refractivity contribution in [2.45, 2.75) is 18.6 Å². The zero-order valence-corrected chi connectivity index (χ0v) is 13.5. The molecule has 2 aromatic rings. The molecule has 1 aliphatic rings. The van der Waals surface area contributed by atoms with E-state index in [-0.39, 0.29) is 11.8 Å². The number of benzene rings is 1. The van der Waals surface area contributed by atoms with Crippen molar-refractivity contribution in [1.29, 1.82) is 0 Å². The minimum Gasteiger partial charge on any atom is -0.497 e. The molecule has 0 unspecified atom stereocenters. The van der Waals surface area contributed by atoms with Crippen LogP contribution in [-0.2, 0) is 6.18 Å². The highest BCUT2D eigenvalue weighted by Gasteiger charge is 2.34. The van der Waals surface area contributed by atoms with Crippen molar-refractivity contribution in [1.82, 2.24) is 9.97 Å². The Morgan fingerprint density at radius 1 is 1.12 bits per heavy atom. The molecule has 1 atom stereocenters. The number of halogens is 3. The van der Waals surface area contributed by atoms with Gasteiger partial charge in [0.05, 0.1) is 19.5 Å². The first-order valence-electron chi connectivity index (χ1n) is 7.62. The summed E-state index contributed by atoms with van der Waals surface area (Å²) in [6, 6.07) is 5.38. The van der Waals surface area contributed by atoms with E-state index in [1.165, 1.54) is 7.11 Å². The predicted octanol–water partition coefficient (Wildman–Crippen LogP) is 2.83. The van der Waals surface area contributed by atoms with Gasteiger partial charge in [-0.2, -0.15) is 13.2 Å². The minimum atomic E-state index is -4.59. The maximum absolute atomic E-state index is 12.5. The normalized spacial score (nSPS) is 17.6. The molecule has 0 aliphatic carbocycles. The van der Waals surface area contributed by atoms with E-state index in [2.05, 4.69) is 14.9 Å². The van der Waals surface area contributed by atoms with Gasteiger partial charge in [-0.25, -0.2) is 9.97 Å². The van der Waals surface area contributed by atoms with Crippen LogP contribution in [0.4, 0.5) is 18.9 Å². The summed E-state index contributed by atoms with van der Waals surface area (Å²) in [4.78, 5) is 8.66. The third-order valence-corrected chi connectivity index (χ3v) is 3.81. The molecule has 0 spiro atoms. The fourth-order valence-corrected chi connectivity index (χ4v) is 2.59. The highest BCUT2D eigenvalue weighted by molar-refractivity contribution is 5.57. The van der Waals surface area contributed by atoms with Gasteiger partial charge in [0.2, 0.25) is 5.82 Å². The first-order chi connectivity index (χ1) is 11.8. The lowest BCUT2D eigenvalue weighted by Crippen LogP contribution is -2.26. The number of methoxy groups -OCH3 is 1. The van der Waals surface area contributed by atoms with Crippen molar-refractivity contribution in [2.24, 2.45) is 5.73 Å². The summed E-state index contributed by atoms with van der Waals surface area (Å²) in [5.74, 6) is -0.124. The predicted molar refractivity (Wildman–Crippen MR) is 84.9 cm³/mol. The van der Waals surface area contributed by atoms with Gasteiger partial charge in [-0.15, -0.1) is 0 Å². The lowest BCUT2D eigenvalue weighted by Gasteiger charge is -2.20. The van der Waals surface area contributed by atoms with Gasteiger partial charge in [-0.05, 0) is 6.42 Å². The van der Waals surface area contributed by atoms with Crippen LogP contribution < -0.4 is 20.1 Å². The smallest absolute Gasteiger partial charge is 0.451 e. The zero-order chi connectivity index (χ0) is 18.0. The lowest BCUT2D eigenvalue weighted by molar-refractivity contribution is -0.145. The molecule has 0 amide bonds. The van der Waals surface area contributed by atoms with Gasteiger partial charge in [0.25, 0.3) is 0 Å². The number of nitrogens with two attached hydrogens (primary N) is 1. The van der Waals surface area contributed by atoms with E-state index < -0.39 is 12.0 Å². The third kappa shape index (κ3) is 4.11. The number of aromatic nitrogens is 2. The van der Waals surface area contributed by atoms with E-state index in [0.29, 0.717) is 11.5 Å². The second kappa shape index (κ2) is 6.75. The lowest BCUT2D eigenvalue weighted by atomic mass is 10.2. The maximum atomic E-state index is 12.5. The molecule has 134 valence electrons. The Balaban J connectivity index is 1.82. The van der Waals surface area contributed by atoms with Crippen LogP contribution >= 0.6 is 0 Å². The number of rotatable bonds is 4. The standard InChI is InChI=1S/C16H17F3N4O2/c1-24-12-4-11(23-3-2-10(20)9-23)5-13(6-12)25-14-7-21-15(22-8-14)16(17,18)19/h4-8,10H,2-3,9,20H2,1H3/t10-/m0/s1. The molecular formula is C16H17F3N4O2. The van der Waals surface area contributed by atoms with E-state index in [1.807, 2.05) is 6.07 Å². The van der Waals surface area contributed by atoms with Gasteiger partial charge in [-0.3, -0.25) is 0 Å². The summed E-state index contributed by atoms with van der Waals surface area (Å²) >= 11 is 0. The Morgan fingerprint density at radius 3 is 2.36 bits per heavy atom. The third-order valence-electron chi connectivity index (χ3n) is 3.81. The molecule has 1 aromatic heterocycles. The molecule has 25 heavy (non-hydrogen) atoms. The van der Waals surface area contributed by atoms with Crippen molar-refractivity contribution in [3.05, 3.63) is 36.4 Å². The Morgan fingerprint density at radius 2 is 1.80 bits per heavy atom. The Hall–Kier alpha value is -2.55. The van der Waals surface area contributed by atoms with Crippen LogP contribution in [0, 0.1) is 0 Å². The minimum absolute atomic E-state index is 0.102. The first-order valence-corrected chi connectivity index (χ1v) is 7.62. The molecule has 2 heterocycles. The van der Waals surface area contributed by atoms with Crippen molar-refractivity contribution < 1.29 is 22.6 Å². The second-order valence-corrected chi connectivity index (χ2v) is 5.70. The number of hydrogen-bond acceptors (Lipinski definition) is 6. The summed E-state index contributed by atoms with van der Waals surface area (Å²) < 4.78 is 48.4. The number of anilines is 1. The fraction of sp³-hybridized carbons (Fsp3) is 0.375. The van der Waals surface area contributed by atoms with Gasteiger partial charge in [0.1, 0.15) is 11.5 Å². The van der Waals surface area contributed by atoms with Crippen molar-refractivity contribution in [2.75, 3.05) is 25.1 Å². The molecule has 1 saturated heterocycles. The monoisotopic (exact) mass is 354 g/mol. The number of hydrogen-bond donors (Lipinski definition) is 1. The molecule has 3 rings (SSSR count). The highest BCUT2D eigenvalue weighted by Crippen LogP contribution is 2.33. The first kappa shape index (κ1) is 17.3. The number of nitrogens with zero attached hydrogens (tertiary/aromatic N) is 3. The average molecular weight is 354 g/mol. The highest BCUT2D eigenvalue weighted by atomic mass is 19.4. The van der Waals surface area contributed by atoms with Crippen LogP contribution in [-0.4, -0.2) is 36.2 Å². The number of ether oxygens (including phenoxy) is 2. The summed E-state index contributed by atoms with van der Waals surface area (Å²) in [7, 11) is 1.53. The van der Waals surface area contributed by atoms with Crippen LogP contribution in [0.15, 0.2) is 30.6 Å². The largest absolute Gasteiger partial charge is 0.497 e. The van der Waals surface area contributed by atoms with Crippen LogP contribution in [0.2, 0.25) is 0 Å². The maximum Gasteiger partial charge on any atom is 0.451 e. The van der Waals surface area contributed by atoms with E-state index >= 15 is 0 Å². The number of alkyl halides is 3. The fourth-order valence-electron chi connectivity index (χ4n) is 2.59. The Labute approximate surface area is 142 Å². The van der Waals surface area contributed by atoms with E-state index in [1.54, 1.807) is 12.1 Å². The van der Waals surface area contributed by atoms with Gasteiger partial charge < -0.3 is 20.1 Å². The van der Waals surface area contributed by atoms with Gasteiger partial charge in [0, 0.05) is 43.0 Å². The molecular weight excluding hydrogens is 337 g/mol. The average Bonchev–Trinajstić information content (AvgIpc) is 3.01. The van der Waals surface area contributed by atoms with Gasteiger partial charge >= 0.3 is 6.18 Å². The van der Waals surface area contributed by atoms with Crippen LogP contribution in [0.25, 0.3) is 0 Å². The molecule has 6 nitrogen and oxygen atoms in total. The molecule has 0 bridgehead atoms. The van der Waals surface area contributed by atoms with Crippen molar-refractivity contribution >= 4 is 5.69 Å². The molecule has 0 radical (unpaired) electrons. The summed E-state index contributed by atoms with van der Waals surface area (Å²) in [6.45, 7) is 1.53. The summed E-state index contributed by atoms with van der Waals surface area (Å²) in [5, 5.41) is 0. The molecule has 1 aliphatic heterocycles. The topological polar surface area (TPSA) is 73.5 Å². The van der Waals surface area contributed by atoms with E-state index in [0.717, 1.165) is 37.6 Å². The molecule has 2 N–H and O–H groups in total. The SMILES string of the molecule is COc1cc(Oc2cnc(C(F)(F)F)nc2)cc(N2CC[C@H](N)C2)c1. The van der Waals surface area contributed by atoms with E-state index in [9.17, 15) is 13.2 Å². The Kier molecular flexibility index (Phi) is 4.67. The summed E-state index contributed by atoms with van der Waals surface area (Å²) in [5.41, 5.74) is 6.80.